The number of thiophene rings is 1. The van der Waals surface area contributed by atoms with Gasteiger partial charge in [0.15, 0.2) is 0 Å². The zero-order valence-electron chi connectivity index (χ0n) is 10.5. The lowest BCUT2D eigenvalue weighted by Crippen LogP contribution is -2.35. The summed E-state index contributed by atoms with van der Waals surface area (Å²) in [6, 6.07) is 1.78. The molecule has 0 saturated carbocycles. The van der Waals surface area contributed by atoms with Gasteiger partial charge in [0.2, 0.25) is 0 Å². The lowest BCUT2D eigenvalue weighted by Gasteiger charge is -2.05. The normalized spacial score (nSPS) is 9.44. The Morgan fingerprint density at radius 1 is 1.50 bits per heavy atom. The minimum atomic E-state index is -0.139. The van der Waals surface area contributed by atoms with Gasteiger partial charge < -0.3 is 15.7 Å². The Morgan fingerprint density at radius 2 is 2.33 bits per heavy atom. The van der Waals surface area contributed by atoms with Crippen molar-refractivity contribution in [1.82, 2.24) is 10.6 Å². The van der Waals surface area contributed by atoms with Crippen LogP contribution in [0.4, 0.5) is 4.79 Å². The second-order valence-electron chi connectivity index (χ2n) is 3.72. The monoisotopic (exact) mass is 266 g/mol. The fourth-order valence-electron chi connectivity index (χ4n) is 1.29. The molecule has 0 aromatic carbocycles. The molecule has 0 unspecified atom stereocenters. The highest BCUT2D eigenvalue weighted by molar-refractivity contribution is 7.10. The summed E-state index contributed by atoms with van der Waals surface area (Å²) in [7, 11) is 0. The van der Waals surface area contributed by atoms with Gasteiger partial charge in [0, 0.05) is 22.4 Å². The third-order valence-electron chi connectivity index (χ3n) is 2.20. The molecule has 1 heterocycles. The van der Waals surface area contributed by atoms with Crippen molar-refractivity contribution in [3.63, 3.8) is 0 Å². The van der Waals surface area contributed by atoms with Gasteiger partial charge in [-0.15, -0.1) is 11.3 Å². The summed E-state index contributed by atoms with van der Waals surface area (Å²) >= 11 is 1.54. The Labute approximate surface area is 111 Å². The Kier molecular flexibility index (Phi) is 6.92. The topological polar surface area (TPSA) is 61.4 Å². The number of rotatable bonds is 5. The Balaban J connectivity index is 2.30. The molecule has 1 aromatic heterocycles. The van der Waals surface area contributed by atoms with E-state index in [1.165, 1.54) is 0 Å². The number of aliphatic hydroxyl groups is 1. The van der Waals surface area contributed by atoms with Crippen LogP contribution in [0.1, 0.15) is 30.2 Å². The van der Waals surface area contributed by atoms with Crippen molar-refractivity contribution in [2.45, 2.75) is 26.3 Å². The van der Waals surface area contributed by atoms with Gasteiger partial charge in [-0.2, -0.15) is 0 Å². The number of hydrogen-bond acceptors (Lipinski definition) is 3. The molecule has 0 saturated heterocycles. The first kappa shape index (κ1) is 14.6. The molecule has 4 nitrogen and oxygen atoms in total. The predicted octanol–water partition coefficient (Wildman–Crippen LogP) is 1.69. The van der Waals surface area contributed by atoms with Crippen LogP contribution in [-0.4, -0.2) is 24.3 Å². The number of urea groups is 1. The highest BCUT2D eigenvalue weighted by Crippen LogP contribution is 2.13. The molecular weight excluding hydrogens is 248 g/mol. The number of hydrogen-bond donors (Lipinski definition) is 3. The van der Waals surface area contributed by atoms with E-state index in [1.807, 2.05) is 11.4 Å². The summed E-state index contributed by atoms with van der Waals surface area (Å²) in [4.78, 5) is 12.4. The molecule has 0 aliphatic heterocycles. The second-order valence-corrected chi connectivity index (χ2v) is 4.72. The number of carbonyl (C=O) groups excluding carboxylic acids is 1. The first-order chi connectivity index (χ1) is 8.76. The summed E-state index contributed by atoms with van der Waals surface area (Å²) < 4.78 is 0. The van der Waals surface area contributed by atoms with E-state index >= 15 is 0 Å². The number of nitrogens with one attached hydrogen (secondary N) is 2. The van der Waals surface area contributed by atoms with Gasteiger partial charge in [0.25, 0.3) is 0 Å². The summed E-state index contributed by atoms with van der Waals surface area (Å²) in [5, 5.41) is 16.1. The zero-order chi connectivity index (χ0) is 13.2. The average Bonchev–Trinajstić information content (AvgIpc) is 2.82. The molecule has 0 spiro atoms. The highest BCUT2D eigenvalue weighted by atomic mass is 32.1. The minimum Gasteiger partial charge on any atom is -0.384 e. The van der Waals surface area contributed by atoms with Crippen LogP contribution in [0.15, 0.2) is 11.4 Å². The van der Waals surface area contributed by atoms with E-state index in [9.17, 15) is 4.79 Å². The average molecular weight is 266 g/mol. The Bertz CT molecular complexity index is 432. The van der Waals surface area contributed by atoms with Gasteiger partial charge in [-0.05, 0) is 12.5 Å². The SMILES string of the molecule is CCCCNC(=O)NCc1cc(C#CCO)cs1. The molecule has 0 aliphatic rings. The van der Waals surface area contributed by atoms with Gasteiger partial charge in [-0.1, -0.05) is 25.2 Å². The molecule has 5 heteroatoms. The molecule has 0 fully saturated rings. The fourth-order valence-corrected chi connectivity index (χ4v) is 2.04. The molecule has 0 atom stereocenters. The van der Waals surface area contributed by atoms with E-state index in [0.717, 1.165) is 23.3 Å². The van der Waals surface area contributed by atoms with Gasteiger partial charge >= 0.3 is 6.03 Å². The van der Waals surface area contributed by atoms with Crippen LogP contribution in [0.3, 0.4) is 0 Å². The number of carbonyl (C=O) groups is 1. The lowest BCUT2D eigenvalue weighted by atomic mass is 10.3. The van der Waals surface area contributed by atoms with Crippen LogP contribution in [0.2, 0.25) is 0 Å². The maximum atomic E-state index is 11.4. The predicted molar refractivity (Wildman–Crippen MR) is 73.4 cm³/mol. The third kappa shape index (κ3) is 5.71. The summed E-state index contributed by atoms with van der Waals surface area (Å²) in [6.45, 7) is 3.16. The molecule has 2 amide bonds. The maximum Gasteiger partial charge on any atom is 0.315 e. The molecule has 18 heavy (non-hydrogen) atoms. The Hall–Kier alpha value is -1.51. The third-order valence-corrected chi connectivity index (χ3v) is 3.14. The Morgan fingerprint density at radius 3 is 3.06 bits per heavy atom. The van der Waals surface area contributed by atoms with Crippen molar-refractivity contribution in [1.29, 1.82) is 0 Å². The van der Waals surface area contributed by atoms with E-state index in [0.29, 0.717) is 13.1 Å². The van der Waals surface area contributed by atoms with Crippen LogP contribution < -0.4 is 10.6 Å². The van der Waals surface area contributed by atoms with Crippen LogP contribution >= 0.6 is 11.3 Å². The molecular formula is C13H18N2O2S. The first-order valence-electron chi connectivity index (χ1n) is 5.95. The second kappa shape index (κ2) is 8.56. The van der Waals surface area contributed by atoms with Crippen LogP contribution in [-0.2, 0) is 6.54 Å². The minimum absolute atomic E-state index is 0.136. The van der Waals surface area contributed by atoms with Crippen LogP contribution in [0.25, 0.3) is 0 Å². The summed E-state index contributed by atoms with van der Waals surface area (Å²) in [5.41, 5.74) is 0.872. The smallest absolute Gasteiger partial charge is 0.315 e. The van der Waals surface area contributed by atoms with Crippen molar-refractivity contribution in [3.05, 3.63) is 21.9 Å². The van der Waals surface area contributed by atoms with Gasteiger partial charge in [0.05, 0.1) is 6.54 Å². The van der Waals surface area contributed by atoms with Crippen molar-refractivity contribution in [2.75, 3.05) is 13.2 Å². The van der Waals surface area contributed by atoms with Gasteiger partial charge in [-0.25, -0.2) is 4.79 Å². The molecule has 0 bridgehead atoms. The molecule has 3 N–H and O–H groups in total. The van der Waals surface area contributed by atoms with Crippen molar-refractivity contribution < 1.29 is 9.90 Å². The molecule has 98 valence electrons. The standard InChI is InChI=1S/C13H18N2O2S/c1-2-3-6-14-13(17)15-9-12-8-11(10-18-12)5-4-7-16/h8,10,16H,2-3,6-7,9H2,1H3,(H2,14,15,17). The number of aliphatic hydroxyl groups excluding tert-OH is 1. The molecule has 1 rings (SSSR count). The quantitative estimate of drug-likeness (QED) is 0.561. The lowest BCUT2D eigenvalue weighted by molar-refractivity contribution is 0.240. The highest BCUT2D eigenvalue weighted by Gasteiger charge is 2.01. The number of amides is 2. The van der Waals surface area contributed by atoms with E-state index in [1.54, 1.807) is 11.3 Å². The van der Waals surface area contributed by atoms with Crippen molar-refractivity contribution >= 4 is 17.4 Å². The van der Waals surface area contributed by atoms with E-state index in [2.05, 4.69) is 29.4 Å². The van der Waals surface area contributed by atoms with Crippen molar-refractivity contribution in [3.8, 4) is 11.8 Å². The molecule has 0 radical (unpaired) electrons. The zero-order valence-corrected chi connectivity index (χ0v) is 11.3. The fraction of sp³-hybridized carbons (Fsp3) is 0.462. The summed E-state index contributed by atoms with van der Waals surface area (Å²) in [6.07, 6.45) is 2.06. The molecule has 1 aromatic rings. The van der Waals surface area contributed by atoms with Crippen LogP contribution in [0, 0.1) is 11.8 Å². The maximum absolute atomic E-state index is 11.4. The first-order valence-corrected chi connectivity index (χ1v) is 6.83. The van der Waals surface area contributed by atoms with E-state index in [4.69, 9.17) is 5.11 Å². The largest absolute Gasteiger partial charge is 0.384 e. The van der Waals surface area contributed by atoms with Crippen LogP contribution in [0.5, 0.6) is 0 Å². The van der Waals surface area contributed by atoms with Gasteiger partial charge in [-0.3, -0.25) is 0 Å². The van der Waals surface area contributed by atoms with E-state index in [-0.39, 0.29) is 12.6 Å². The van der Waals surface area contributed by atoms with E-state index < -0.39 is 0 Å². The van der Waals surface area contributed by atoms with Gasteiger partial charge in [0.1, 0.15) is 6.61 Å². The molecule has 0 aliphatic carbocycles. The van der Waals surface area contributed by atoms with Crippen molar-refractivity contribution in [2.24, 2.45) is 0 Å². The summed E-state index contributed by atoms with van der Waals surface area (Å²) in [5.74, 6) is 5.42. The number of unbranched alkanes of at least 4 members (excludes halogenated alkanes) is 1.